The largest absolute Gasteiger partial charge is 0.294 e. The number of nitro groups is 1. The Bertz CT molecular complexity index is 953. The van der Waals surface area contributed by atoms with Crippen LogP contribution < -0.4 is 5.43 Å². The van der Waals surface area contributed by atoms with E-state index in [0.717, 1.165) is 11.3 Å². The van der Waals surface area contributed by atoms with Crippen molar-refractivity contribution in [3.63, 3.8) is 0 Å². The summed E-state index contributed by atoms with van der Waals surface area (Å²) in [5, 5.41) is 20.0. The number of nitrogens with one attached hydrogen (secondary N) is 1. The topological polar surface area (TPSA) is 85.3 Å². The molecule has 0 spiro atoms. The molecular formula is C18H16ClN5O2. The number of nitrogens with zero attached hydrogens (tertiary/aromatic N) is 4. The first-order chi connectivity index (χ1) is 12.6. The highest BCUT2D eigenvalue weighted by molar-refractivity contribution is 6.32. The van der Waals surface area contributed by atoms with E-state index >= 15 is 0 Å². The van der Waals surface area contributed by atoms with Crippen molar-refractivity contribution in [3.8, 4) is 0 Å². The molecule has 0 bridgehead atoms. The lowest BCUT2D eigenvalue weighted by Gasteiger charge is -2.03. The second-order valence-electron chi connectivity index (χ2n) is 5.58. The number of aryl methyl sites for hydroxylation is 1. The molecule has 1 N–H and O–H groups in total. The van der Waals surface area contributed by atoms with Crippen molar-refractivity contribution in [1.29, 1.82) is 0 Å². The van der Waals surface area contributed by atoms with Crippen molar-refractivity contribution < 1.29 is 4.92 Å². The van der Waals surface area contributed by atoms with Gasteiger partial charge in [0, 0.05) is 6.07 Å². The van der Waals surface area contributed by atoms with Crippen LogP contribution in [0, 0.1) is 17.0 Å². The van der Waals surface area contributed by atoms with Crippen LogP contribution in [-0.2, 0) is 6.54 Å². The minimum atomic E-state index is -0.464. The predicted octanol–water partition coefficient (Wildman–Crippen LogP) is 4.25. The second kappa shape index (κ2) is 7.79. The standard InChI is InChI=1S/C18H16ClN5O2/c1-13-15(11-20-21-16-9-5-6-10-17(16)24(25)26)18(19)23(22-13)12-14-7-3-2-4-8-14/h2-11,21H,12H2,1H3/b20-11-. The Hall–Kier alpha value is -3.19. The average Bonchev–Trinajstić information content (AvgIpc) is 2.90. The molecule has 0 radical (unpaired) electrons. The number of hydrogen-bond donors (Lipinski definition) is 1. The smallest absolute Gasteiger partial charge is 0.272 e. The van der Waals surface area contributed by atoms with Gasteiger partial charge in [-0.25, -0.2) is 4.68 Å². The van der Waals surface area contributed by atoms with Gasteiger partial charge in [0.1, 0.15) is 10.8 Å². The highest BCUT2D eigenvalue weighted by atomic mass is 35.5. The molecule has 0 saturated heterocycles. The zero-order valence-corrected chi connectivity index (χ0v) is 14.7. The maximum Gasteiger partial charge on any atom is 0.294 e. The lowest BCUT2D eigenvalue weighted by Crippen LogP contribution is -2.02. The van der Waals surface area contributed by atoms with Crippen LogP contribution in [0.3, 0.4) is 0 Å². The van der Waals surface area contributed by atoms with E-state index in [2.05, 4.69) is 15.6 Å². The van der Waals surface area contributed by atoms with E-state index < -0.39 is 4.92 Å². The van der Waals surface area contributed by atoms with E-state index in [1.165, 1.54) is 12.3 Å². The van der Waals surface area contributed by atoms with Gasteiger partial charge in [-0.15, -0.1) is 0 Å². The van der Waals surface area contributed by atoms with Crippen LogP contribution in [0.15, 0.2) is 59.7 Å². The molecule has 3 aromatic rings. The molecule has 0 aliphatic heterocycles. The maximum absolute atomic E-state index is 11.0. The SMILES string of the molecule is Cc1nn(Cc2ccccc2)c(Cl)c1/C=N\Nc1ccccc1[N+](=O)[O-]. The van der Waals surface area contributed by atoms with Gasteiger partial charge in [0.05, 0.1) is 28.9 Å². The molecule has 1 heterocycles. The van der Waals surface area contributed by atoms with Crippen molar-refractivity contribution in [2.45, 2.75) is 13.5 Å². The maximum atomic E-state index is 11.0. The van der Waals surface area contributed by atoms with Crippen LogP contribution in [-0.4, -0.2) is 20.9 Å². The molecule has 0 atom stereocenters. The third-order valence-corrected chi connectivity index (χ3v) is 4.16. The first-order valence-corrected chi connectivity index (χ1v) is 8.23. The number of halogens is 1. The molecule has 26 heavy (non-hydrogen) atoms. The summed E-state index contributed by atoms with van der Waals surface area (Å²) < 4.78 is 1.69. The Morgan fingerprint density at radius 3 is 2.65 bits per heavy atom. The minimum Gasteiger partial charge on any atom is -0.272 e. The Kier molecular flexibility index (Phi) is 5.28. The van der Waals surface area contributed by atoms with Gasteiger partial charge in [-0.2, -0.15) is 10.2 Å². The fourth-order valence-corrected chi connectivity index (χ4v) is 2.75. The number of anilines is 1. The average molecular weight is 370 g/mol. The Balaban J connectivity index is 1.78. The van der Waals surface area contributed by atoms with Gasteiger partial charge in [-0.05, 0) is 18.6 Å². The summed E-state index contributed by atoms with van der Waals surface area (Å²) in [5.74, 6) is 0. The van der Waals surface area contributed by atoms with E-state index in [1.54, 1.807) is 22.9 Å². The summed E-state index contributed by atoms with van der Waals surface area (Å²) >= 11 is 6.42. The second-order valence-corrected chi connectivity index (χ2v) is 5.94. The predicted molar refractivity (Wildman–Crippen MR) is 102 cm³/mol. The van der Waals surface area contributed by atoms with Crippen molar-refractivity contribution >= 4 is 29.2 Å². The van der Waals surface area contributed by atoms with Gasteiger partial charge in [0.2, 0.25) is 0 Å². The van der Waals surface area contributed by atoms with Gasteiger partial charge < -0.3 is 0 Å². The van der Waals surface area contributed by atoms with Crippen LogP contribution in [0.2, 0.25) is 5.15 Å². The normalized spacial score (nSPS) is 11.0. The van der Waals surface area contributed by atoms with Gasteiger partial charge in [0.15, 0.2) is 0 Å². The van der Waals surface area contributed by atoms with E-state index in [0.29, 0.717) is 22.9 Å². The summed E-state index contributed by atoms with van der Waals surface area (Å²) in [6.07, 6.45) is 1.52. The molecule has 7 nitrogen and oxygen atoms in total. The highest BCUT2D eigenvalue weighted by Gasteiger charge is 2.13. The molecule has 0 amide bonds. The number of benzene rings is 2. The number of nitro benzene ring substituents is 1. The Labute approximate surface area is 155 Å². The number of aromatic nitrogens is 2. The molecule has 0 fully saturated rings. The summed E-state index contributed by atoms with van der Waals surface area (Å²) in [7, 11) is 0. The number of hydrazone groups is 1. The highest BCUT2D eigenvalue weighted by Crippen LogP contribution is 2.23. The lowest BCUT2D eigenvalue weighted by atomic mass is 10.2. The molecule has 0 unspecified atom stereocenters. The van der Waals surface area contributed by atoms with Gasteiger partial charge in [-0.3, -0.25) is 15.5 Å². The number of rotatable bonds is 6. The zero-order chi connectivity index (χ0) is 18.5. The van der Waals surface area contributed by atoms with Gasteiger partial charge >= 0.3 is 0 Å². The van der Waals surface area contributed by atoms with Crippen LogP contribution in [0.25, 0.3) is 0 Å². The summed E-state index contributed by atoms with van der Waals surface area (Å²) in [4.78, 5) is 10.6. The summed E-state index contributed by atoms with van der Waals surface area (Å²) in [5.41, 5.74) is 5.41. The number of hydrogen-bond acceptors (Lipinski definition) is 5. The fourth-order valence-electron chi connectivity index (χ4n) is 2.47. The fraction of sp³-hybridized carbons (Fsp3) is 0.111. The minimum absolute atomic E-state index is 0.0489. The molecule has 0 aliphatic carbocycles. The summed E-state index contributed by atoms with van der Waals surface area (Å²) in [6, 6.07) is 16.1. The van der Waals surface area contributed by atoms with Crippen molar-refractivity contribution in [3.05, 3.63) is 86.7 Å². The molecule has 8 heteroatoms. The van der Waals surface area contributed by atoms with Crippen molar-refractivity contribution in [1.82, 2.24) is 9.78 Å². The number of para-hydroxylation sites is 2. The molecule has 1 aromatic heterocycles. The molecule has 2 aromatic carbocycles. The molecule has 132 valence electrons. The van der Waals surface area contributed by atoms with Crippen molar-refractivity contribution in [2.75, 3.05) is 5.43 Å². The molecule has 0 saturated carbocycles. The molecular weight excluding hydrogens is 354 g/mol. The van der Waals surface area contributed by atoms with Crippen LogP contribution in [0.4, 0.5) is 11.4 Å². The van der Waals surface area contributed by atoms with E-state index in [4.69, 9.17) is 11.6 Å². The zero-order valence-electron chi connectivity index (χ0n) is 14.0. The summed E-state index contributed by atoms with van der Waals surface area (Å²) in [6.45, 7) is 2.38. The van der Waals surface area contributed by atoms with Crippen molar-refractivity contribution in [2.24, 2.45) is 5.10 Å². The lowest BCUT2D eigenvalue weighted by molar-refractivity contribution is -0.384. The van der Waals surface area contributed by atoms with Crippen LogP contribution in [0.5, 0.6) is 0 Å². The van der Waals surface area contributed by atoms with Gasteiger partial charge in [-0.1, -0.05) is 54.1 Å². The Morgan fingerprint density at radius 2 is 1.92 bits per heavy atom. The monoisotopic (exact) mass is 369 g/mol. The third-order valence-electron chi connectivity index (χ3n) is 3.76. The molecule has 3 rings (SSSR count). The Morgan fingerprint density at radius 1 is 1.23 bits per heavy atom. The quantitative estimate of drug-likeness (QED) is 0.400. The molecule has 0 aliphatic rings. The van der Waals surface area contributed by atoms with Crippen LogP contribution in [0.1, 0.15) is 16.8 Å². The van der Waals surface area contributed by atoms with Crippen LogP contribution >= 0.6 is 11.6 Å². The first kappa shape index (κ1) is 17.6. The van der Waals surface area contributed by atoms with E-state index in [-0.39, 0.29) is 5.69 Å². The third kappa shape index (κ3) is 3.89. The van der Waals surface area contributed by atoms with E-state index in [1.807, 2.05) is 37.3 Å². The van der Waals surface area contributed by atoms with Gasteiger partial charge in [0.25, 0.3) is 5.69 Å². The first-order valence-electron chi connectivity index (χ1n) is 7.85. The van der Waals surface area contributed by atoms with E-state index in [9.17, 15) is 10.1 Å².